The normalized spacial score (nSPS) is 19.7. The standard InChI is InChI=1S/C27H38F3N3O6/c1-3-36-23(37-4-2)18-33(22-7-11-26(12-8-22)38-15-16-39-26)25(35)31-21-6-5-19-9-13-32(14-10-20(19)17-21)24(34)27(28,29)30/h5-6,17,22-23H,3-4,7-16,18H2,1-2H3,(H,31,35). The minimum atomic E-state index is -4.89. The molecule has 12 heteroatoms. The van der Waals surface area contributed by atoms with Crippen molar-refractivity contribution in [3.05, 3.63) is 29.3 Å². The maximum absolute atomic E-state index is 13.6. The van der Waals surface area contributed by atoms with Crippen molar-refractivity contribution in [2.75, 3.05) is 51.4 Å². The summed E-state index contributed by atoms with van der Waals surface area (Å²) in [5.74, 6) is -2.38. The van der Waals surface area contributed by atoms with Gasteiger partial charge in [0.15, 0.2) is 12.1 Å². The first-order valence-electron chi connectivity index (χ1n) is 13.7. The lowest BCUT2D eigenvalue weighted by molar-refractivity contribution is -0.186. The average Bonchev–Trinajstić information content (AvgIpc) is 3.25. The van der Waals surface area contributed by atoms with E-state index in [1.807, 2.05) is 13.8 Å². The SMILES string of the molecule is CCOC(CN(C(=O)Nc1ccc2c(c1)CCN(C(=O)C(F)(F)F)CC2)C1CCC2(CC1)OCCO2)OCC. The van der Waals surface area contributed by atoms with Gasteiger partial charge in [0.25, 0.3) is 0 Å². The van der Waals surface area contributed by atoms with Crippen LogP contribution in [0.4, 0.5) is 23.7 Å². The lowest BCUT2D eigenvalue weighted by Crippen LogP contribution is -2.51. The van der Waals surface area contributed by atoms with E-state index in [0.717, 1.165) is 16.0 Å². The molecule has 4 rings (SSSR count). The topological polar surface area (TPSA) is 89.6 Å². The van der Waals surface area contributed by atoms with Crippen LogP contribution in [-0.2, 0) is 36.6 Å². The predicted molar refractivity (Wildman–Crippen MR) is 136 cm³/mol. The van der Waals surface area contributed by atoms with Crippen molar-refractivity contribution in [2.45, 2.75) is 76.7 Å². The Hall–Kier alpha value is -2.41. The second kappa shape index (κ2) is 12.8. The Labute approximate surface area is 226 Å². The first kappa shape index (κ1) is 29.6. The Bertz CT molecular complexity index is 985. The number of carbonyl (C=O) groups is 2. The molecule has 9 nitrogen and oxygen atoms in total. The van der Waals surface area contributed by atoms with E-state index in [-0.39, 0.29) is 38.1 Å². The molecule has 1 aromatic carbocycles. The zero-order valence-electron chi connectivity index (χ0n) is 22.6. The van der Waals surface area contributed by atoms with Crippen LogP contribution in [0.1, 0.15) is 50.7 Å². The van der Waals surface area contributed by atoms with E-state index >= 15 is 0 Å². The highest BCUT2D eigenvalue weighted by Crippen LogP contribution is 2.37. The van der Waals surface area contributed by atoms with Crippen LogP contribution in [0.5, 0.6) is 0 Å². The summed E-state index contributed by atoms with van der Waals surface area (Å²) >= 11 is 0. The van der Waals surface area contributed by atoms with Crippen molar-refractivity contribution in [1.29, 1.82) is 0 Å². The fourth-order valence-corrected chi connectivity index (χ4v) is 5.60. The summed E-state index contributed by atoms with van der Waals surface area (Å²) in [6.45, 7) is 5.97. The highest BCUT2D eigenvalue weighted by atomic mass is 19.4. The van der Waals surface area contributed by atoms with Crippen molar-refractivity contribution >= 4 is 17.6 Å². The number of alkyl halides is 3. The van der Waals surface area contributed by atoms with E-state index in [2.05, 4.69) is 5.32 Å². The average molecular weight is 558 g/mol. The molecule has 0 radical (unpaired) electrons. The molecule has 3 aliphatic rings. The maximum atomic E-state index is 13.6. The summed E-state index contributed by atoms with van der Waals surface area (Å²) < 4.78 is 62.0. The molecule has 2 heterocycles. The van der Waals surface area contributed by atoms with Gasteiger partial charge in [0.1, 0.15) is 0 Å². The summed E-state index contributed by atoms with van der Waals surface area (Å²) in [6.07, 6.45) is -2.12. The molecule has 2 aliphatic heterocycles. The number of anilines is 1. The lowest BCUT2D eigenvalue weighted by atomic mass is 9.89. The van der Waals surface area contributed by atoms with Gasteiger partial charge in [0.05, 0.1) is 19.8 Å². The third-order valence-electron chi connectivity index (χ3n) is 7.57. The number of fused-ring (bicyclic) bond motifs is 1. The summed E-state index contributed by atoms with van der Waals surface area (Å²) in [6, 6.07) is 4.95. The predicted octanol–water partition coefficient (Wildman–Crippen LogP) is 4.09. The van der Waals surface area contributed by atoms with Crippen LogP contribution in [0, 0.1) is 0 Å². The first-order valence-corrected chi connectivity index (χ1v) is 13.7. The summed E-state index contributed by atoms with van der Waals surface area (Å²) in [7, 11) is 0. The Morgan fingerprint density at radius 3 is 2.28 bits per heavy atom. The molecule has 1 saturated heterocycles. The number of benzene rings is 1. The van der Waals surface area contributed by atoms with Crippen LogP contribution in [0.25, 0.3) is 0 Å². The molecule has 0 atom stereocenters. The fourth-order valence-electron chi connectivity index (χ4n) is 5.60. The van der Waals surface area contributed by atoms with E-state index in [1.54, 1.807) is 23.1 Å². The molecule has 1 spiro atoms. The minimum Gasteiger partial charge on any atom is -0.351 e. The van der Waals surface area contributed by atoms with Gasteiger partial charge in [-0.15, -0.1) is 0 Å². The molecule has 39 heavy (non-hydrogen) atoms. The van der Waals surface area contributed by atoms with E-state index in [4.69, 9.17) is 18.9 Å². The zero-order valence-corrected chi connectivity index (χ0v) is 22.6. The first-order chi connectivity index (χ1) is 18.6. The number of hydrogen-bond acceptors (Lipinski definition) is 6. The molecular formula is C27H38F3N3O6. The van der Waals surface area contributed by atoms with Gasteiger partial charge in [0.2, 0.25) is 0 Å². The number of nitrogens with zero attached hydrogens (tertiary/aromatic N) is 2. The molecule has 0 bridgehead atoms. The number of hydrogen-bond donors (Lipinski definition) is 1. The number of ether oxygens (including phenoxy) is 4. The molecule has 0 aromatic heterocycles. The van der Waals surface area contributed by atoms with E-state index in [1.165, 1.54) is 0 Å². The molecular weight excluding hydrogens is 519 g/mol. The van der Waals surface area contributed by atoms with Crippen LogP contribution in [0.15, 0.2) is 18.2 Å². The molecule has 1 aromatic rings. The highest BCUT2D eigenvalue weighted by molar-refractivity contribution is 5.89. The fraction of sp³-hybridized carbons (Fsp3) is 0.704. The van der Waals surface area contributed by atoms with Crippen molar-refractivity contribution in [3.63, 3.8) is 0 Å². The molecule has 1 saturated carbocycles. The number of halogens is 3. The van der Waals surface area contributed by atoms with Crippen LogP contribution in [0.2, 0.25) is 0 Å². The molecule has 3 amide bonds. The third kappa shape index (κ3) is 7.41. The van der Waals surface area contributed by atoms with Crippen molar-refractivity contribution in [3.8, 4) is 0 Å². The Morgan fingerprint density at radius 2 is 1.69 bits per heavy atom. The van der Waals surface area contributed by atoms with Gasteiger partial charge < -0.3 is 34.1 Å². The minimum absolute atomic E-state index is 0.00231. The van der Waals surface area contributed by atoms with Gasteiger partial charge in [-0.25, -0.2) is 4.79 Å². The zero-order chi connectivity index (χ0) is 28.0. The van der Waals surface area contributed by atoms with Gasteiger partial charge in [-0.3, -0.25) is 4.79 Å². The number of nitrogens with one attached hydrogen (secondary N) is 1. The van der Waals surface area contributed by atoms with Gasteiger partial charge in [0, 0.05) is 50.9 Å². The molecule has 1 N–H and O–H groups in total. The van der Waals surface area contributed by atoms with Crippen molar-refractivity contribution < 1.29 is 41.7 Å². The van der Waals surface area contributed by atoms with E-state index < -0.39 is 24.2 Å². The van der Waals surface area contributed by atoms with Crippen LogP contribution >= 0.6 is 0 Å². The maximum Gasteiger partial charge on any atom is 0.471 e. The van der Waals surface area contributed by atoms with Crippen LogP contribution in [-0.4, -0.2) is 92.1 Å². The van der Waals surface area contributed by atoms with E-state index in [0.29, 0.717) is 64.2 Å². The van der Waals surface area contributed by atoms with Crippen molar-refractivity contribution in [1.82, 2.24) is 9.80 Å². The third-order valence-corrected chi connectivity index (χ3v) is 7.57. The number of amides is 3. The Balaban J connectivity index is 1.45. The Kier molecular flexibility index (Phi) is 9.73. The largest absolute Gasteiger partial charge is 0.471 e. The summed E-state index contributed by atoms with van der Waals surface area (Å²) in [5, 5.41) is 2.97. The summed E-state index contributed by atoms with van der Waals surface area (Å²) in [5.41, 5.74) is 2.22. The van der Waals surface area contributed by atoms with Gasteiger partial charge >= 0.3 is 18.1 Å². The van der Waals surface area contributed by atoms with Gasteiger partial charge in [-0.1, -0.05) is 6.07 Å². The van der Waals surface area contributed by atoms with Crippen molar-refractivity contribution in [2.24, 2.45) is 0 Å². The number of urea groups is 1. The molecule has 0 unspecified atom stereocenters. The lowest BCUT2D eigenvalue weighted by Gasteiger charge is -2.41. The second-order valence-electron chi connectivity index (χ2n) is 10.0. The summed E-state index contributed by atoms with van der Waals surface area (Å²) in [4.78, 5) is 27.9. The smallest absolute Gasteiger partial charge is 0.351 e. The van der Waals surface area contributed by atoms with E-state index in [9.17, 15) is 22.8 Å². The molecule has 218 valence electrons. The second-order valence-corrected chi connectivity index (χ2v) is 10.0. The monoisotopic (exact) mass is 557 g/mol. The number of carbonyl (C=O) groups excluding carboxylic acids is 2. The van der Waals surface area contributed by atoms with Gasteiger partial charge in [-0.05, 0) is 62.8 Å². The van der Waals surface area contributed by atoms with Gasteiger partial charge in [-0.2, -0.15) is 13.2 Å². The quantitative estimate of drug-likeness (QED) is 0.485. The molecule has 2 fully saturated rings. The Morgan fingerprint density at radius 1 is 1.08 bits per heavy atom. The highest BCUT2D eigenvalue weighted by Gasteiger charge is 2.44. The van der Waals surface area contributed by atoms with Crippen LogP contribution in [0.3, 0.4) is 0 Å². The van der Waals surface area contributed by atoms with Crippen LogP contribution < -0.4 is 5.32 Å². The number of rotatable bonds is 8. The molecule has 1 aliphatic carbocycles.